The van der Waals surface area contributed by atoms with Crippen molar-refractivity contribution in [1.29, 1.82) is 0 Å². The molecule has 1 saturated heterocycles. The number of alkyl halides is 1. The standard InChI is InChI=1S/C11H19ClO2/c1-3-4-5-6-7-9-8-11(2,12)10(13)14-9/h9H,3-8H2,1-2H3. The van der Waals surface area contributed by atoms with Crippen molar-refractivity contribution < 1.29 is 9.53 Å². The molecule has 0 amide bonds. The number of hydrogen-bond donors (Lipinski definition) is 0. The van der Waals surface area contributed by atoms with Crippen molar-refractivity contribution in [2.24, 2.45) is 0 Å². The molecule has 1 fully saturated rings. The number of carbonyl (C=O) groups is 1. The van der Waals surface area contributed by atoms with Gasteiger partial charge in [-0.3, -0.25) is 4.79 Å². The van der Waals surface area contributed by atoms with Gasteiger partial charge in [0, 0.05) is 6.42 Å². The van der Waals surface area contributed by atoms with E-state index in [-0.39, 0.29) is 12.1 Å². The summed E-state index contributed by atoms with van der Waals surface area (Å²) >= 11 is 5.98. The molecule has 0 aromatic rings. The number of esters is 1. The molecular weight excluding hydrogens is 200 g/mol. The molecule has 0 radical (unpaired) electrons. The lowest BCUT2D eigenvalue weighted by atomic mass is 10.0. The van der Waals surface area contributed by atoms with Gasteiger partial charge < -0.3 is 4.74 Å². The molecule has 0 N–H and O–H groups in total. The second kappa shape index (κ2) is 5.01. The van der Waals surface area contributed by atoms with Gasteiger partial charge in [0.1, 0.15) is 11.0 Å². The predicted molar refractivity (Wildman–Crippen MR) is 57.5 cm³/mol. The van der Waals surface area contributed by atoms with Crippen molar-refractivity contribution in [3.8, 4) is 0 Å². The Morgan fingerprint density at radius 1 is 1.50 bits per heavy atom. The quantitative estimate of drug-likeness (QED) is 0.402. The highest BCUT2D eigenvalue weighted by atomic mass is 35.5. The highest BCUT2D eigenvalue weighted by molar-refractivity contribution is 6.34. The molecule has 0 spiro atoms. The van der Waals surface area contributed by atoms with E-state index in [2.05, 4.69) is 6.92 Å². The summed E-state index contributed by atoms with van der Waals surface area (Å²) in [6.07, 6.45) is 6.55. The first kappa shape index (κ1) is 11.8. The van der Waals surface area contributed by atoms with Crippen LogP contribution in [0.3, 0.4) is 0 Å². The topological polar surface area (TPSA) is 26.3 Å². The van der Waals surface area contributed by atoms with Crippen LogP contribution in [0.4, 0.5) is 0 Å². The molecule has 82 valence electrons. The second-order valence-electron chi connectivity index (χ2n) is 4.28. The fraction of sp³-hybridized carbons (Fsp3) is 0.909. The summed E-state index contributed by atoms with van der Waals surface area (Å²) in [5, 5.41) is 0. The molecule has 2 nitrogen and oxygen atoms in total. The fourth-order valence-corrected chi connectivity index (χ4v) is 2.00. The van der Waals surface area contributed by atoms with Crippen LogP contribution in [0.1, 0.15) is 52.4 Å². The van der Waals surface area contributed by atoms with Crippen LogP contribution in [0.15, 0.2) is 0 Å². The van der Waals surface area contributed by atoms with Crippen LogP contribution < -0.4 is 0 Å². The van der Waals surface area contributed by atoms with E-state index in [4.69, 9.17) is 16.3 Å². The molecule has 1 heterocycles. The zero-order valence-electron chi connectivity index (χ0n) is 9.01. The molecule has 0 saturated carbocycles. The van der Waals surface area contributed by atoms with Gasteiger partial charge in [-0.1, -0.05) is 26.2 Å². The third kappa shape index (κ3) is 3.16. The number of unbranched alkanes of at least 4 members (excludes halogenated alkanes) is 3. The van der Waals surface area contributed by atoms with Gasteiger partial charge in [-0.15, -0.1) is 11.6 Å². The Bertz CT molecular complexity index is 201. The highest BCUT2D eigenvalue weighted by Gasteiger charge is 2.43. The third-order valence-electron chi connectivity index (χ3n) is 2.69. The normalized spacial score (nSPS) is 31.9. The molecule has 1 aliphatic rings. The Labute approximate surface area is 91.0 Å². The average molecular weight is 219 g/mol. The van der Waals surface area contributed by atoms with Gasteiger partial charge in [0.05, 0.1) is 0 Å². The van der Waals surface area contributed by atoms with Crippen LogP contribution in [0.5, 0.6) is 0 Å². The van der Waals surface area contributed by atoms with E-state index in [0.717, 1.165) is 12.8 Å². The van der Waals surface area contributed by atoms with Gasteiger partial charge in [-0.25, -0.2) is 0 Å². The molecule has 3 heteroatoms. The number of ether oxygens (including phenoxy) is 1. The molecule has 2 atom stereocenters. The number of cyclic esters (lactones) is 1. The van der Waals surface area contributed by atoms with Crippen LogP contribution in [0.2, 0.25) is 0 Å². The first-order chi connectivity index (χ1) is 6.56. The first-order valence-corrected chi connectivity index (χ1v) is 5.84. The molecular formula is C11H19ClO2. The predicted octanol–water partition coefficient (Wildman–Crippen LogP) is 3.27. The molecule has 1 aliphatic heterocycles. The second-order valence-corrected chi connectivity index (χ2v) is 5.11. The zero-order valence-corrected chi connectivity index (χ0v) is 9.77. The van der Waals surface area contributed by atoms with Gasteiger partial charge in [-0.05, 0) is 19.8 Å². The molecule has 0 aromatic carbocycles. The molecule has 1 rings (SSSR count). The summed E-state index contributed by atoms with van der Waals surface area (Å²) in [5.74, 6) is -0.250. The van der Waals surface area contributed by atoms with Gasteiger partial charge in [-0.2, -0.15) is 0 Å². The summed E-state index contributed by atoms with van der Waals surface area (Å²) in [7, 11) is 0. The van der Waals surface area contributed by atoms with E-state index in [9.17, 15) is 4.79 Å². The molecule has 0 aliphatic carbocycles. The Balaban J connectivity index is 2.19. The van der Waals surface area contributed by atoms with Gasteiger partial charge in [0.25, 0.3) is 0 Å². The monoisotopic (exact) mass is 218 g/mol. The minimum atomic E-state index is -0.768. The maximum atomic E-state index is 11.2. The molecule has 0 aromatic heterocycles. The molecule has 14 heavy (non-hydrogen) atoms. The summed E-state index contributed by atoms with van der Waals surface area (Å²) in [5.41, 5.74) is 0. The van der Waals surface area contributed by atoms with Crippen LogP contribution >= 0.6 is 11.6 Å². The van der Waals surface area contributed by atoms with Crippen molar-refractivity contribution in [1.82, 2.24) is 0 Å². The Hall–Kier alpha value is -0.240. The van der Waals surface area contributed by atoms with Crippen LogP contribution in [-0.4, -0.2) is 16.9 Å². The van der Waals surface area contributed by atoms with Crippen molar-refractivity contribution in [2.75, 3.05) is 0 Å². The summed E-state index contributed by atoms with van der Waals surface area (Å²) in [6, 6.07) is 0. The van der Waals surface area contributed by atoms with Crippen molar-refractivity contribution in [3.05, 3.63) is 0 Å². The Morgan fingerprint density at radius 3 is 2.71 bits per heavy atom. The summed E-state index contributed by atoms with van der Waals surface area (Å²) in [6.45, 7) is 3.92. The van der Waals surface area contributed by atoms with Crippen LogP contribution in [-0.2, 0) is 9.53 Å². The highest BCUT2D eigenvalue weighted by Crippen LogP contribution is 2.33. The minimum absolute atomic E-state index is 0.0573. The van der Waals surface area contributed by atoms with E-state index in [1.807, 2.05) is 0 Å². The van der Waals surface area contributed by atoms with Crippen molar-refractivity contribution in [3.63, 3.8) is 0 Å². The summed E-state index contributed by atoms with van der Waals surface area (Å²) in [4.78, 5) is 10.5. The van der Waals surface area contributed by atoms with Crippen molar-refractivity contribution >= 4 is 17.6 Å². The minimum Gasteiger partial charge on any atom is -0.461 e. The smallest absolute Gasteiger partial charge is 0.327 e. The number of halogens is 1. The molecule has 0 bridgehead atoms. The van der Waals surface area contributed by atoms with E-state index >= 15 is 0 Å². The van der Waals surface area contributed by atoms with E-state index in [1.165, 1.54) is 19.3 Å². The summed E-state index contributed by atoms with van der Waals surface area (Å²) < 4.78 is 5.19. The van der Waals surface area contributed by atoms with E-state index in [1.54, 1.807) is 6.92 Å². The maximum absolute atomic E-state index is 11.2. The SMILES string of the molecule is CCCCCCC1CC(C)(Cl)C(=O)O1. The third-order valence-corrected chi connectivity index (χ3v) is 3.00. The van der Waals surface area contributed by atoms with Gasteiger partial charge >= 0.3 is 5.97 Å². The van der Waals surface area contributed by atoms with E-state index in [0.29, 0.717) is 6.42 Å². The van der Waals surface area contributed by atoms with E-state index < -0.39 is 4.87 Å². The Morgan fingerprint density at radius 2 is 2.21 bits per heavy atom. The average Bonchev–Trinajstić information content (AvgIpc) is 2.35. The molecule has 2 unspecified atom stereocenters. The lowest BCUT2D eigenvalue weighted by Crippen LogP contribution is -2.21. The van der Waals surface area contributed by atoms with Gasteiger partial charge in [0.2, 0.25) is 0 Å². The van der Waals surface area contributed by atoms with Crippen molar-refractivity contribution in [2.45, 2.75) is 63.4 Å². The number of rotatable bonds is 5. The van der Waals surface area contributed by atoms with Crippen LogP contribution in [0, 0.1) is 0 Å². The lowest BCUT2D eigenvalue weighted by molar-refractivity contribution is -0.143. The fourth-order valence-electron chi connectivity index (χ4n) is 1.79. The first-order valence-electron chi connectivity index (χ1n) is 5.46. The lowest BCUT2D eigenvalue weighted by Gasteiger charge is -2.08. The van der Waals surface area contributed by atoms with Gasteiger partial charge in [0.15, 0.2) is 0 Å². The maximum Gasteiger partial charge on any atom is 0.327 e. The Kier molecular flexibility index (Phi) is 4.24. The zero-order chi connectivity index (χ0) is 10.6. The number of hydrogen-bond acceptors (Lipinski definition) is 2. The van der Waals surface area contributed by atoms with Crippen LogP contribution in [0.25, 0.3) is 0 Å². The largest absolute Gasteiger partial charge is 0.461 e. The number of carbonyl (C=O) groups excluding carboxylic acids is 1.